The molecule has 0 spiro atoms. The lowest BCUT2D eigenvalue weighted by Gasteiger charge is -2.27. The Kier molecular flexibility index (Phi) is 3.90. The summed E-state index contributed by atoms with van der Waals surface area (Å²) >= 11 is 0. The molecule has 1 aliphatic rings. The van der Waals surface area contributed by atoms with Gasteiger partial charge in [-0.2, -0.15) is 0 Å². The smallest absolute Gasteiger partial charge is 0.317 e. The number of hydrogen-bond acceptors (Lipinski definition) is 3. The molecular formula is C12H17NO3. The van der Waals surface area contributed by atoms with Crippen LogP contribution in [0.25, 0.3) is 0 Å². The summed E-state index contributed by atoms with van der Waals surface area (Å²) in [5.74, 6) is -0.647. The Balaban J connectivity index is 2.71. The van der Waals surface area contributed by atoms with E-state index in [1.807, 2.05) is 19.1 Å². The van der Waals surface area contributed by atoms with Gasteiger partial charge in [-0.3, -0.25) is 9.69 Å². The van der Waals surface area contributed by atoms with E-state index in [-0.39, 0.29) is 17.7 Å². The molecule has 4 nitrogen and oxygen atoms in total. The first-order chi connectivity index (χ1) is 7.41. The minimum atomic E-state index is -0.852. The molecule has 0 amide bonds. The largest absolute Gasteiger partial charge is 0.508 e. The maximum Gasteiger partial charge on any atom is 0.317 e. The number of carboxylic acid groups (broad SMARTS) is 1. The minimum Gasteiger partial charge on any atom is -0.508 e. The van der Waals surface area contributed by atoms with Crippen LogP contribution in [0.3, 0.4) is 0 Å². The van der Waals surface area contributed by atoms with Gasteiger partial charge in [0.25, 0.3) is 0 Å². The molecule has 1 atom stereocenters. The average Bonchev–Trinajstić information content (AvgIpc) is 2.24. The highest BCUT2D eigenvalue weighted by molar-refractivity contribution is 5.69. The van der Waals surface area contributed by atoms with E-state index in [0.29, 0.717) is 6.54 Å². The molecule has 0 radical (unpaired) electrons. The van der Waals surface area contributed by atoms with Crippen molar-refractivity contribution in [1.29, 1.82) is 0 Å². The van der Waals surface area contributed by atoms with Crippen LogP contribution in [0.1, 0.15) is 6.92 Å². The highest BCUT2D eigenvalue weighted by Crippen LogP contribution is 2.25. The molecule has 1 aliphatic carbocycles. The Morgan fingerprint density at radius 2 is 2.19 bits per heavy atom. The number of nitrogens with zero attached hydrogens (tertiary/aromatic N) is 1. The molecule has 16 heavy (non-hydrogen) atoms. The molecule has 0 saturated carbocycles. The van der Waals surface area contributed by atoms with Crippen LogP contribution in [0.2, 0.25) is 0 Å². The van der Waals surface area contributed by atoms with E-state index >= 15 is 0 Å². The molecule has 1 unspecified atom stereocenters. The Morgan fingerprint density at radius 1 is 1.50 bits per heavy atom. The van der Waals surface area contributed by atoms with Crippen molar-refractivity contribution in [2.75, 3.05) is 20.1 Å². The molecule has 0 aromatic carbocycles. The second-order valence-corrected chi connectivity index (χ2v) is 4.36. The van der Waals surface area contributed by atoms with E-state index < -0.39 is 5.97 Å². The van der Waals surface area contributed by atoms with Crippen LogP contribution in [-0.2, 0) is 4.79 Å². The van der Waals surface area contributed by atoms with Crippen molar-refractivity contribution in [2.45, 2.75) is 6.92 Å². The van der Waals surface area contributed by atoms with Crippen LogP contribution in [-0.4, -0.2) is 41.2 Å². The molecule has 2 N–H and O–H groups in total. The summed E-state index contributed by atoms with van der Waals surface area (Å²) in [6.07, 6.45) is 8.90. The van der Waals surface area contributed by atoms with Gasteiger partial charge in [0.1, 0.15) is 5.76 Å². The maximum atomic E-state index is 10.6. The zero-order valence-electron chi connectivity index (χ0n) is 9.55. The van der Waals surface area contributed by atoms with Gasteiger partial charge in [0.05, 0.1) is 6.54 Å². The molecule has 0 heterocycles. The summed E-state index contributed by atoms with van der Waals surface area (Å²) in [7, 11) is 1.75. The van der Waals surface area contributed by atoms with Crippen LogP contribution in [0.15, 0.2) is 36.1 Å². The van der Waals surface area contributed by atoms with E-state index in [2.05, 4.69) is 0 Å². The highest BCUT2D eigenvalue weighted by atomic mass is 16.4. The second kappa shape index (κ2) is 4.99. The third kappa shape index (κ3) is 3.90. The number of aliphatic carboxylic acids is 1. The molecule has 0 aromatic rings. The van der Waals surface area contributed by atoms with Gasteiger partial charge in [0, 0.05) is 12.0 Å². The van der Waals surface area contributed by atoms with Gasteiger partial charge >= 0.3 is 5.97 Å². The maximum absolute atomic E-state index is 10.6. The minimum absolute atomic E-state index is 0.00847. The molecule has 0 bridgehead atoms. The van der Waals surface area contributed by atoms with E-state index in [1.165, 1.54) is 0 Å². The van der Waals surface area contributed by atoms with E-state index in [1.54, 1.807) is 30.2 Å². The number of hydrogen-bond donors (Lipinski definition) is 2. The summed E-state index contributed by atoms with van der Waals surface area (Å²) < 4.78 is 0. The molecule has 0 aromatic heterocycles. The average molecular weight is 223 g/mol. The van der Waals surface area contributed by atoms with Crippen molar-refractivity contribution in [3.8, 4) is 0 Å². The fourth-order valence-corrected chi connectivity index (χ4v) is 1.83. The van der Waals surface area contributed by atoms with Crippen molar-refractivity contribution in [3.63, 3.8) is 0 Å². The summed E-state index contributed by atoms with van der Waals surface area (Å²) in [6.45, 7) is 2.48. The zero-order chi connectivity index (χ0) is 12.2. The summed E-state index contributed by atoms with van der Waals surface area (Å²) in [4.78, 5) is 12.3. The summed E-state index contributed by atoms with van der Waals surface area (Å²) in [6, 6.07) is 0. The van der Waals surface area contributed by atoms with E-state index in [9.17, 15) is 9.90 Å². The second-order valence-electron chi connectivity index (χ2n) is 4.36. The van der Waals surface area contributed by atoms with Crippen molar-refractivity contribution in [1.82, 2.24) is 4.90 Å². The molecular weight excluding hydrogens is 206 g/mol. The molecule has 0 fully saturated rings. The molecule has 88 valence electrons. The number of aliphatic hydroxyl groups is 1. The summed E-state index contributed by atoms with van der Waals surface area (Å²) in [5, 5.41) is 18.2. The van der Waals surface area contributed by atoms with E-state index in [0.717, 1.165) is 0 Å². The van der Waals surface area contributed by atoms with Crippen LogP contribution in [0, 0.1) is 5.41 Å². The van der Waals surface area contributed by atoms with E-state index in [4.69, 9.17) is 5.11 Å². The molecule has 0 aliphatic heterocycles. The van der Waals surface area contributed by atoms with Crippen molar-refractivity contribution < 1.29 is 15.0 Å². The standard InChI is InChI=1S/C12H17NO3/c1-12(9-13(2)8-11(15)16)6-4-3-5-10(14)7-12/h3-7,14H,8-9H2,1-2H3,(H,15,16). The molecule has 0 saturated heterocycles. The van der Waals surface area contributed by atoms with Crippen molar-refractivity contribution in [3.05, 3.63) is 36.1 Å². The van der Waals surface area contributed by atoms with Crippen LogP contribution in [0.4, 0.5) is 0 Å². The lowest BCUT2D eigenvalue weighted by molar-refractivity contribution is -0.138. The quantitative estimate of drug-likeness (QED) is 0.759. The Hall–Kier alpha value is -1.55. The first-order valence-electron chi connectivity index (χ1n) is 5.09. The number of aliphatic hydroxyl groups excluding tert-OH is 1. The number of allylic oxidation sites excluding steroid dienone is 3. The van der Waals surface area contributed by atoms with Crippen LogP contribution < -0.4 is 0 Å². The fourth-order valence-electron chi connectivity index (χ4n) is 1.83. The van der Waals surface area contributed by atoms with Gasteiger partial charge < -0.3 is 10.2 Å². The Bertz CT molecular complexity index is 357. The normalized spacial score (nSPS) is 24.3. The van der Waals surface area contributed by atoms with Gasteiger partial charge in [-0.1, -0.05) is 25.2 Å². The predicted molar refractivity (Wildman–Crippen MR) is 62.2 cm³/mol. The lowest BCUT2D eigenvalue weighted by Crippen LogP contribution is -2.34. The van der Waals surface area contributed by atoms with Gasteiger partial charge in [-0.05, 0) is 19.2 Å². The first-order valence-corrected chi connectivity index (χ1v) is 5.09. The first kappa shape index (κ1) is 12.5. The Labute approximate surface area is 95.2 Å². The number of carbonyl (C=O) groups is 1. The van der Waals surface area contributed by atoms with Crippen LogP contribution in [0.5, 0.6) is 0 Å². The SMILES string of the molecule is CN(CC(=O)O)CC1(C)C=CC=CC(O)=C1. The highest BCUT2D eigenvalue weighted by Gasteiger charge is 2.22. The Morgan fingerprint density at radius 3 is 2.81 bits per heavy atom. The van der Waals surface area contributed by atoms with Crippen molar-refractivity contribution >= 4 is 5.97 Å². The van der Waals surface area contributed by atoms with Gasteiger partial charge in [-0.15, -0.1) is 0 Å². The lowest BCUT2D eigenvalue weighted by atomic mass is 9.89. The molecule has 4 heteroatoms. The number of likely N-dealkylation sites (N-methyl/N-ethyl adjacent to an activating group) is 1. The van der Waals surface area contributed by atoms with Crippen LogP contribution >= 0.6 is 0 Å². The number of rotatable bonds is 4. The molecule has 1 rings (SSSR count). The predicted octanol–water partition coefficient (Wildman–Crippen LogP) is 1.58. The summed E-state index contributed by atoms with van der Waals surface area (Å²) in [5.41, 5.74) is -0.349. The third-order valence-corrected chi connectivity index (χ3v) is 2.35. The van der Waals surface area contributed by atoms with Gasteiger partial charge in [-0.25, -0.2) is 0 Å². The monoisotopic (exact) mass is 223 g/mol. The zero-order valence-corrected chi connectivity index (χ0v) is 9.55. The topological polar surface area (TPSA) is 60.8 Å². The van der Waals surface area contributed by atoms with Gasteiger partial charge in [0.2, 0.25) is 0 Å². The number of carboxylic acids is 1. The third-order valence-electron chi connectivity index (χ3n) is 2.35. The fraction of sp³-hybridized carbons (Fsp3) is 0.417. The van der Waals surface area contributed by atoms with Gasteiger partial charge in [0.15, 0.2) is 0 Å². The van der Waals surface area contributed by atoms with Crippen molar-refractivity contribution in [2.24, 2.45) is 5.41 Å².